The van der Waals surface area contributed by atoms with E-state index in [1.807, 2.05) is 38.1 Å². The number of rotatable bonds is 12. The van der Waals surface area contributed by atoms with Crippen molar-refractivity contribution >= 4 is 16.6 Å². The van der Waals surface area contributed by atoms with Crippen LogP contribution in [0.1, 0.15) is 67.9 Å². The third-order valence-corrected chi connectivity index (χ3v) is 18.6. The minimum absolute atomic E-state index is 0.0281. The highest BCUT2D eigenvalue weighted by atomic mass is 28.4. The molecule has 6 nitrogen and oxygen atoms in total. The van der Waals surface area contributed by atoms with Gasteiger partial charge in [0.05, 0.1) is 38.6 Å². The van der Waals surface area contributed by atoms with E-state index in [9.17, 15) is 5.11 Å². The maximum Gasteiger partial charge on any atom is 0.192 e. The van der Waals surface area contributed by atoms with Crippen molar-refractivity contribution in [2.24, 2.45) is 11.8 Å². The summed E-state index contributed by atoms with van der Waals surface area (Å²) in [7, 11) is -2.48. The first-order valence-corrected chi connectivity index (χ1v) is 20.4. The lowest BCUT2D eigenvalue weighted by Crippen LogP contribution is -2.58. The summed E-state index contributed by atoms with van der Waals surface area (Å²) in [5.41, 5.74) is 0.190. The lowest BCUT2D eigenvalue weighted by molar-refractivity contribution is -0.155. The first-order valence-electron chi connectivity index (χ1n) is 14.5. The molecule has 1 aromatic rings. The lowest BCUT2D eigenvalue weighted by Gasteiger charge is -2.46. The zero-order valence-electron chi connectivity index (χ0n) is 27.3. The zero-order valence-corrected chi connectivity index (χ0v) is 29.3. The zero-order chi connectivity index (χ0) is 30.0. The standard InChI is InChI=1S/C31H58O6Si2/c1-22(19-34-20-24-15-17-25(33-10)18-16-24)27(32)31(9)28(37-39(13,14)30(6,7)8)26(23(2)36-31)21-35-38(11,12)29(3,4)5/h15-18,22-23,26-28,32H,19-21H2,1-14H3/t22-,23+,26-,27+,28-,31+/m0/s1. The number of methoxy groups -OCH3 is 1. The summed E-state index contributed by atoms with van der Waals surface area (Å²) in [6.07, 6.45) is -1.14. The van der Waals surface area contributed by atoms with Gasteiger partial charge in [-0.1, -0.05) is 60.6 Å². The molecule has 1 heterocycles. The molecular formula is C31H58O6Si2. The van der Waals surface area contributed by atoms with Crippen LogP contribution in [0.25, 0.3) is 0 Å². The van der Waals surface area contributed by atoms with E-state index in [2.05, 4.69) is 74.7 Å². The molecule has 0 saturated carbocycles. The molecular weight excluding hydrogens is 525 g/mol. The van der Waals surface area contributed by atoms with Crippen molar-refractivity contribution in [2.45, 2.75) is 129 Å². The summed E-state index contributed by atoms with van der Waals surface area (Å²) >= 11 is 0. The molecule has 2 rings (SSSR count). The fraction of sp³-hybridized carbons (Fsp3) is 0.806. The van der Waals surface area contributed by atoms with Crippen LogP contribution < -0.4 is 4.74 Å². The fourth-order valence-corrected chi connectivity index (χ4v) is 7.09. The lowest BCUT2D eigenvalue weighted by atomic mass is 9.82. The average molecular weight is 583 g/mol. The monoisotopic (exact) mass is 582 g/mol. The number of aliphatic hydroxyl groups is 1. The molecule has 1 aromatic carbocycles. The van der Waals surface area contributed by atoms with Crippen LogP contribution in [-0.4, -0.2) is 66.0 Å². The predicted octanol–water partition coefficient (Wildman–Crippen LogP) is 7.41. The molecule has 39 heavy (non-hydrogen) atoms. The van der Waals surface area contributed by atoms with Crippen molar-refractivity contribution in [3.8, 4) is 5.75 Å². The number of ether oxygens (including phenoxy) is 3. The van der Waals surface area contributed by atoms with E-state index < -0.39 is 28.3 Å². The van der Waals surface area contributed by atoms with Crippen LogP contribution in [0.2, 0.25) is 36.3 Å². The second kappa shape index (κ2) is 12.6. The molecule has 226 valence electrons. The molecule has 0 radical (unpaired) electrons. The first-order chi connectivity index (χ1) is 17.7. The van der Waals surface area contributed by atoms with Gasteiger partial charge in [0.25, 0.3) is 0 Å². The Bertz CT molecular complexity index is 905. The SMILES string of the molecule is COc1ccc(COC[C@H](C)[C@@H](O)[C@@]2(C)O[C@H](C)[C@H](CO[Si](C)(C)C(C)(C)C)[C@@H]2O[Si](C)(C)C(C)(C)C)cc1. The van der Waals surface area contributed by atoms with Crippen LogP contribution in [0, 0.1) is 11.8 Å². The summed E-state index contributed by atoms with van der Waals surface area (Å²) in [5, 5.41) is 11.9. The molecule has 6 atom stereocenters. The molecule has 1 N–H and O–H groups in total. The Morgan fingerprint density at radius 1 is 0.974 bits per heavy atom. The van der Waals surface area contributed by atoms with Crippen LogP contribution in [0.15, 0.2) is 24.3 Å². The Balaban J connectivity index is 2.24. The number of benzene rings is 1. The van der Waals surface area contributed by atoms with Gasteiger partial charge in [0.1, 0.15) is 11.4 Å². The maximum atomic E-state index is 11.8. The van der Waals surface area contributed by atoms with Crippen LogP contribution in [0.4, 0.5) is 0 Å². The van der Waals surface area contributed by atoms with Gasteiger partial charge in [-0.15, -0.1) is 0 Å². The molecule has 0 aliphatic carbocycles. The van der Waals surface area contributed by atoms with Crippen molar-refractivity contribution < 1.29 is 28.2 Å². The van der Waals surface area contributed by atoms with E-state index in [1.54, 1.807) is 7.11 Å². The topological polar surface area (TPSA) is 66.4 Å². The van der Waals surface area contributed by atoms with Gasteiger partial charge in [-0.25, -0.2) is 0 Å². The number of hydrogen-bond donors (Lipinski definition) is 1. The van der Waals surface area contributed by atoms with Gasteiger partial charge in [-0.3, -0.25) is 0 Å². The van der Waals surface area contributed by atoms with Gasteiger partial charge in [-0.2, -0.15) is 0 Å². The van der Waals surface area contributed by atoms with Gasteiger partial charge < -0.3 is 28.2 Å². The van der Waals surface area contributed by atoms with Gasteiger partial charge in [0.2, 0.25) is 0 Å². The average Bonchev–Trinajstić information content (AvgIpc) is 3.05. The van der Waals surface area contributed by atoms with Gasteiger partial charge in [0.15, 0.2) is 16.6 Å². The molecule has 1 fully saturated rings. The molecule has 1 aliphatic heterocycles. The Morgan fingerprint density at radius 3 is 2.00 bits per heavy atom. The van der Waals surface area contributed by atoms with Gasteiger partial charge in [-0.05, 0) is 67.8 Å². The Labute approximate surface area is 241 Å². The van der Waals surface area contributed by atoms with Crippen LogP contribution in [0.5, 0.6) is 5.75 Å². The summed E-state index contributed by atoms with van der Waals surface area (Å²) in [6, 6.07) is 7.86. The smallest absolute Gasteiger partial charge is 0.192 e. The highest BCUT2D eigenvalue weighted by molar-refractivity contribution is 6.74. The minimum Gasteiger partial charge on any atom is -0.497 e. The Kier molecular flexibility index (Phi) is 11.2. The second-order valence-electron chi connectivity index (χ2n) is 14.8. The van der Waals surface area contributed by atoms with Gasteiger partial charge >= 0.3 is 0 Å². The summed E-state index contributed by atoms with van der Waals surface area (Å²) in [6.45, 7) is 30.3. The third-order valence-electron chi connectivity index (χ3n) is 9.60. The Morgan fingerprint density at radius 2 is 1.51 bits per heavy atom. The highest BCUT2D eigenvalue weighted by Crippen LogP contribution is 2.47. The Hall–Kier alpha value is -0.746. The van der Waals surface area contributed by atoms with E-state index in [1.165, 1.54) is 0 Å². The first kappa shape index (κ1) is 34.5. The van der Waals surface area contributed by atoms with E-state index in [-0.39, 0.29) is 34.1 Å². The van der Waals surface area contributed by atoms with Crippen molar-refractivity contribution in [1.29, 1.82) is 0 Å². The van der Waals surface area contributed by atoms with Crippen molar-refractivity contribution in [3.63, 3.8) is 0 Å². The van der Waals surface area contributed by atoms with E-state index in [0.29, 0.717) is 19.8 Å². The van der Waals surface area contributed by atoms with Crippen molar-refractivity contribution in [1.82, 2.24) is 0 Å². The molecule has 1 aliphatic rings. The number of hydrogen-bond acceptors (Lipinski definition) is 6. The van der Waals surface area contributed by atoms with Crippen LogP contribution >= 0.6 is 0 Å². The van der Waals surface area contributed by atoms with E-state index in [4.69, 9.17) is 23.1 Å². The summed E-state index contributed by atoms with van der Waals surface area (Å²) in [4.78, 5) is 0. The summed E-state index contributed by atoms with van der Waals surface area (Å²) in [5.74, 6) is 0.703. The quantitative estimate of drug-likeness (QED) is 0.259. The molecule has 0 unspecified atom stereocenters. The van der Waals surface area contributed by atoms with Crippen molar-refractivity contribution in [3.05, 3.63) is 29.8 Å². The molecule has 0 aromatic heterocycles. The molecule has 0 amide bonds. The molecule has 0 spiro atoms. The van der Waals surface area contributed by atoms with Crippen LogP contribution in [-0.2, 0) is 24.9 Å². The largest absolute Gasteiger partial charge is 0.497 e. The highest BCUT2D eigenvalue weighted by Gasteiger charge is 2.59. The van der Waals surface area contributed by atoms with E-state index >= 15 is 0 Å². The third kappa shape index (κ3) is 8.18. The van der Waals surface area contributed by atoms with Crippen molar-refractivity contribution in [2.75, 3.05) is 20.3 Å². The second-order valence-corrected chi connectivity index (χ2v) is 24.4. The molecule has 1 saturated heterocycles. The molecule has 0 bridgehead atoms. The minimum atomic E-state index is -2.18. The summed E-state index contributed by atoms with van der Waals surface area (Å²) < 4.78 is 31.8. The fourth-order valence-electron chi connectivity index (χ4n) is 4.65. The normalized spacial score (nSPS) is 26.5. The molecule has 8 heteroatoms. The van der Waals surface area contributed by atoms with Crippen LogP contribution in [0.3, 0.4) is 0 Å². The van der Waals surface area contributed by atoms with E-state index in [0.717, 1.165) is 11.3 Å². The van der Waals surface area contributed by atoms with Gasteiger partial charge in [0, 0.05) is 18.4 Å². The predicted molar refractivity (Wildman–Crippen MR) is 165 cm³/mol. The maximum absolute atomic E-state index is 11.8. The number of aliphatic hydroxyl groups excluding tert-OH is 1.